The smallest absolute Gasteiger partial charge is 0.310 e. The van der Waals surface area contributed by atoms with Crippen molar-refractivity contribution in [1.82, 2.24) is 0 Å². The normalized spacial score (nSPS) is 14.1. The van der Waals surface area contributed by atoms with E-state index in [0.29, 0.717) is 13.0 Å². The van der Waals surface area contributed by atoms with Crippen molar-refractivity contribution in [2.24, 2.45) is 0 Å². The van der Waals surface area contributed by atoms with Crippen LogP contribution in [0, 0.1) is 11.8 Å². The van der Waals surface area contributed by atoms with Crippen molar-refractivity contribution >= 4 is 17.7 Å². The molecule has 0 bridgehead atoms. The first kappa shape index (κ1) is 23.3. The van der Waals surface area contributed by atoms with Crippen LogP contribution in [0.25, 0.3) is 0 Å². The third-order valence-electron chi connectivity index (χ3n) is 5.50. The Morgan fingerprint density at radius 2 is 1.94 bits per heavy atom. The van der Waals surface area contributed by atoms with Crippen LogP contribution in [0.5, 0.6) is 5.75 Å². The number of esters is 1. The van der Waals surface area contributed by atoms with Crippen LogP contribution in [0.2, 0.25) is 0 Å². The number of carbonyl (C=O) groups is 1. The van der Waals surface area contributed by atoms with E-state index in [1.54, 1.807) is 0 Å². The SMILES string of the molecule is CCCCSc1cc2c(cc1C#Cc1ccc(CC(=O)OCC)cc1)C(C)(C)CCO2. The van der Waals surface area contributed by atoms with Gasteiger partial charge >= 0.3 is 5.97 Å². The summed E-state index contributed by atoms with van der Waals surface area (Å²) in [6.45, 7) is 9.76. The highest BCUT2D eigenvalue weighted by molar-refractivity contribution is 7.99. The molecule has 2 aromatic rings. The molecule has 0 atom stereocenters. The Bertz CT molecular complexity index is 964. The molecule has 1 aliphatic heterocycles. The van der Waals surface area contributed by atoms with Gasteiger partial charge in [-0.1, -0.05) is 51.2 Å². The zero-order valence-electron chi connectivity index (χ0n) is 19.0. The van der Waals surface area contributed by atoms with Crippen LogP contribution in [0.4, 0.5) is 0 Å². The first-order valence-electron chi connectivity index (χ1n) is 11.1. The topological polar surface area (TPSA) is 35.5 Å². The molecule has 0 amide bonds. The van der Waals surface area contributed by atoms with Gasteiger partial charge in [0.2, 0.25) is 0 Å². The second kappa shape index (κ2) is 10.8. The summed E-state index contributed by atoms with van der Waals surface area (Å²) in [5.41, 5.74) is 4.27. The highest BCUT2D eigenvalue weighted by atomic mass is 32.2. The molecule has 0 radical (unpaired) electrons. The molecule has 3 rings (SSSR count). The Hall–Kier alpha value is -2.38. The van der Waals surface area contributed by atoms with Crippen LogP contribution in [0.1, 0.15) is 69.2 Å². The summed E-state index contributed by atoms with van der Waals surface area (Å²) >= 11 is 1.86. The minimum atomic E-state index is -0.200. The molecule has 3 nitrogen and oxygen atoms in total. The van der Waals surface area contributed by atoms with Crippen molar-refractivity contribution in [3.63, 3.8) is 0 Å². The Morgan fingerprint density at radius 3 is 2.65 bits per heavy atom. The number of benzene rings is 2. The molecule has 0 aliphatic carbocycles. The molecule has 1 heterocycles. The van der Waals surface area contributed by atoms with Gasteiger partial charge in [0.25, 0.3) is 0 Å². The maximum atomic E-state index is 11.7. The summed E-state index contributed by atoms with van der Waals surface area (Å²) in [6.07, 6.45) is 3.67. The minimum absolute atomic E-state index is 0.0887. The Labute approximate surface area is 190 Å². The highest BCUT2D eigenvalue weighted by Gasteiger charge is 2.29. The second-order valence-electron chi connectivity index (χ2n) is 8.46. The van der Waals surface area contributed by atoms with E-state index in [2.05, 4.69) is 44.7 Å². The number of unbranched alkanes of at least 4 members (excludes halogenated alkanes) is 1. The molecule has 0 unspecified atom stereocenters. The zero-order chi connectivity index (χ0) is 22.3. The third kappa shape index (κ3) is 6.31. The van der Waals surface area contributed by atoms with Gasteiger partial charge < -0.3 is 9.47 Å². The van der Waals surface area contributed by atoms with Gasteiger partial charge in [0, 0.05) is 21.6 Å². The standard InChI is InChI=1S/C27H32O3S/c1-5-7-16-31-25-19-24-23(27(3,4)14-15-30-24)18-22(25)13-12-20-8-10-21(11-9-20)17-26(28)29-6-2/h8-11,18-19H,5-7,14-17H2,1-4H3. The second-order valence-corrected chi connectivity index (χ2v) is 9.59. The Kier molecular flexibility index (Phi) is 8.09. The van der Waals surface area contributed by atoms with Crippen molar-refractivity contribution in [1.29, 1.82) is 0 Å². The van der Waals surface area contributed by atoms with E-state index >= 15 is 0 Å². The summed E-state index contributed by atoms with van der Waals surface area (Å²) in [5.74, 6) is 8.60. The summed E-state index contributed by atoms with van der Waals surface area (Å²) in [5, 5.41) is 0. The zero-order valence-corrected chi connectivity index (χ0v) is 19.9. The van der Waals surface area contributed by atoms with Gasteiger partial charge in [-0.3, -0.25) is 4.79 Å². The predicted molar refractivity (Wildman–Crippen MR) is 128 cm³/mol. The van der Waals surface area contributed by atoms with Crippen LogP contribution in [-0.2, 0) is 21.4 Å². The van der Waals surface area contributed by atoms with Crippen LogP contribution < -0.4 is 4.74 Å². The quantitative estimate of drug-likeness (QED) is 0.226. The van der Waals surface area contributed by atoms with Gasteiger partial charge in [-0.2, -0.15) is 0 Å². The lowest BCUT2D eigenvalue weighted by Gasteiger charge is -2.33. The third-order valence-corrected chi connectivity index (χ3v) is 6.64. The fourth-order valence-corrected chi connectivity index (χ4v) is 4.64. The van der Waals surface area contributed by atoms with Gasteiger partial charge in [-0.15, -0.1) is 11.8 Å². The van der Waals surface area contributed by atoms with Crippen LogP contribution in [0.15, 0.2) is 41.3 Å². The summed E-state index contributed by atoms with van der Waals surface area (Å²) in [7, 11) is 0. The highest BCUT2D eigenvalue weighted by Crippen LogP contribution is 2.41. The number of ether oxygens (including phenoxy) is 2. The van der Waals surface area contributed by atoms with E-state index in [9.17, 15) is 4.79 Å². The molecule has 1 aliphatic rings. The van der Waals surface area contributed by atoms with Gasteiger partial charge in [-0.05, 0) is 60.8 Å². The first-order chi connectivity index (χ1) is 14.9. The van der Waals surface area contributed by atoms with Crippen molar-refractivity contribution in [3.05, 3.63) is 58.7 Å². The van der Waals surface area contributed by atoms with E-state index in [1.165, 1.54) is 23.3 Å². The number of thioether (sulfide) groups is 1. The number of rotatable bonds is 7. The van der Waals surface area contributed by atoms with E-state index in [1.807, 2.05) is 43.0 Å². The molecule has 4 heteroatoms. The van der Waals surface area contributed by atoms with E-state index in [0.717, 1.165) is 41.2 Å². The molecule has 0 saturated heterocycles. The molecule has 164 valence electrons. The molecular weight excluding hydrogens is 404 g/mol. The number of fused-ring (bicyclic) bond motifs is 1. The average Bonchev–Trinajstić information content (AvgIpc) is 2.73. The van der Waals surface area contributed by atoms with E-state index < -0.39 is 0 Å². The first-order valence-corrected chi connectivity index (χ1v) is 12.1. The van der Waals surface area contributed by atoms with Gasteiger partial charge in [0.1, 0.15) is 5.75 Å². The minimum Gasteiger partial charge on any atom is -0.493 e. The molecular formula is C27H32O3S. The molecule has 0 N–H and O–H groups in total. The molecule has 0 fully saturated rings. The van der Waals surface area contributed by atoms with Gasteiger partial charge in [0.15, 0.2) is 0 Å². The maximum absolute atomic E-state index is 11.7. The monoisotopic (exact) mass is 436 g/mol. The van der Waals surface area contributed by atoms with Crippen LogP contribution >= 0.6 is 11.8 Å². The number of hydrogen-bond acceptors (Lipinski definition) is 4. The van der Waals surface area contributed by atoms with Crippen LogP contribution in [-0.4, -0.2) is 24.9 Å². The number of hydrogen-bond donors (Lipinski definition) is 0. The predicted octanol–water partition coefficient (Wildman–Crippen LogP) is 6.14. The van der Waals surface area contributed by atoms with E-state index in [-0.39, 0.29) is 11.4 Å². The van der Waals surface area contributed by atoms with Gasteiger partial charge in [0.05, 0.1) is 19.6 Å². The fourth-order valence-electron chi connectivity index (χ4n) is 3.53. The summed E-state index contributed by atoms with van der Waals surface area (Å²) < 4.78 is 11.0. The largest absolute Gasteiger partial charge is 0.493 e. The lowest BCUT2D eigenvalue weighted by Crippen LogP contribution is -2.26. The molecule has 31 heavy (non-hydrogen) atoms. The Balaban J connectivity index is 1.86. The molecule has 0 saturated carbocycles. The van der Waals surface area contributed by atoms with Crippen molar-refractivity contribution in [3.8, 4) is 17.6 Å². The lowest BCUT2D eigenvalue weighted by atomic mass is 9.79. The fraction of sp³-hybridized carbons (Fsp3) is 0.444. The molecule has 0 spiro atoms. The van der Waals surface area contributed by atoms with Crippen molar-refractivity contribution in [2.45, 2.75) is 63.7 Å². The molecule has 0 aromatic heterocycles. The van der Waals surface area contributed by atoms with Crippen molar-refractivity contribution < 1.29 is 14.3 Å². The average molecular weight is 437 g/mol. The maximum Gasteiger partial charge on any atom is 0.310 e. The molecule has 2 aromatic carbocycles. The Morgan fingerprint density at radius 1 is 1.16 bits per heavy atom. The van der Waals surface area contributed by atoms with Gasteiger partial charge in [-0.25, -0.2) is 0 Å². The van der Waals surface area contributed by atoms with Crippen molar-refractivity contribution in [2.75, 3.05) is 19.0 Å². The summed E-state index contributed by atoms with van der Waals surface area (Å²) in [4.78, 5) is 12.9. The summed E-state index contributed by atoms with van der Waals surface area (Å²) in [6, 6.07) is 12.2. The van der Waals surface area contributed by atoms with E-state index in [4.69, 9.17) is 9.47 Å². The number of carbonyl (C=O) groups excluding carboxylic acids is 1. The lowest BCUT2D eigenvalue weighted by molar-refractivity contribution is -0.142. The van der Waals surface area contributed by atoms with Crippen LogP contribution in [0.3, 0.4) is 0 Å².